The first kappa shape index (κ1) is 18.6. The lowest BCUT2D eigenvalue weighted by Crippen LogP contribution is -2.47. The molecule has 0 aromatic heterocycles. The zero-order valence-electron chi connectivity index (χ0n) is 13.0. The maximum atomic E-state index is 12.1. The van der Waals surface area contributed by atoms with Gasteiger partial charge in [-0.15, -0.1) is 0 Å². The van der Waals surface area contributed by atoms with Gasteiger partial charge in [0.1, 0.15) is 12.0 Å². The predicted molar refractivity (Wildman–Crippen MR) is 74.2 cm³/mol. The van der Waals surface area contributed by atoms with E-state index in [1.165, 1.54) is 0 Å². The van der Waals surface area contributed by atoms with Gasteiger partial charge in [-0.3, -0.25) is 4.79 Å². The van der Waals surface area contributed by atoms with E-state index in [4.69, 9.17) is 4.74 Å². The minimum absolute atomic E-state index is 0.209. The van der Waals surface area contributed by atoms with Gasteiger partial charge in [0.15, 0.2) is 0 Å². The van der Waals surface area contributed by atoms with Crippen LogP contribution >= 0.6 is 0 Å². The standard InChI is InChI=1S/C14H23F3N2O3/c1-13(2,3)22-12(21)19-10-6-4-5-9(7-10)18-11(20)8-14(15,16)17/h9-10H,4-8H2,1-3H3,(H,18,20)(H,19,21)/t9-,10+/m1/s1. The van der Waals surface area contributed by atoms with Crippen LogP contribution < -0.4 is 10.6 Å². The van der Waals surface area contributed by atoms with E-state index in [9.17, 15) is 22.8 Å². The van der Waals surface area contributed by atoms with Crippen molar-refractivity contribution in [3.63, 3.8) is 0 Å². The van der Waals surface area contributed by atoms with E-state index in [-0.39, 0.29) is 12.1 Å². The number of nitrogens with one attached hydrogen (secondary N) is 2. The van der Waals surface area contributed by atoms with Crippen molar-refractivity contribution in [1.82, 2.24) is 10.6 Å². The van der Waals surface area contributed by atoms with Crippen molar-refractivity contribution in [2.75, 3.05) is 0 Å². The van der Waals surface area contributed by atoms with Gasteiger partial charge in [0.25, 0.3) is 0 Å². The highest BCUT2D eigenvalue weighted by molar-refractivity contribution is 5.77. The fraction of sp³-hybridized carbons (Fsp3) is 0.857. The van der Waals surface area contributed by atoms with Gasteiger partial charge < -0.3 is 15.4 Å². The number of carbonyl (C=O) groups excluding carboxylic acids is 2. The molecule has 5 nitrogen and oxygen atoms in total. The van der Waals surface area contributed by atoms with Crippen molar-refractivity contribution >= 4 is 12.0 Å². The molecule has 22 heavy (non-hydrogen) atoms. The number of ether oxygens (including phenoxy) is 1. The van der Waals surface area contributed by atoms with Crippen LogP contribution in [-0.4, -0.2) is 35.9 Å². The number of halogens is 3. The zero-order valence-corrected chi connectivity index (χ0v) is 13.0. The third kappa shape index (κ3) is 8.09. The summed E-state index contributed by atoms with van der Waals surface area (Å²) in [6, 6.07) is -0.566. The van der Waals surface area contributed by atoms with Crippen LogP contribution in [0.2, 0.25) is 0 Å². The highest BCUT2D eigenvalue weighted by Gasteiger charge is 2.33. The summed E-state index contributed by atoms with van der Waals surface area (Å²) in [7, 11) is 0. The van der Waals surface area contributed by atoms with E-state index in [0.29, 0.717) is 19.3 Å². The van der Waals surface area contributed by atoms with Crippen molar-refractivity contribution < 1.29 is 27.5 Å². The van der Waals surface area contributed by atoms with Gasteiger partial charge in [-0.1, -0.05) is 0 Å². The Morgan fingerprint density at radius 1 is 1.09 bits per heavy atom. The molecular formula is C14H23F3N2O3. The minimum Gasteiger partial charge on any atom is -0.444 e. The molecule has 8 heteroatoms. The molecule has 0 heterocycles. The molecule has 0 spiro atoms. The number of rotatable bonds is 3. The topological polar surface area (TPSA) is 67.4 Å². The smallest absolute Gasteiger partial charge is 0.407 e. The van der Waals surface area contributed by atoms with Crippen molar-refractivity contribution in [3.8, 4) is 0 Å². The molecule has 1 rings (SSSR count). The first-order chi connectivity index (χ1) is 9.94. The molecule has 0 aromatic rings. The van der Waals surface area contributed by atoms with E-state index in [2.05, 4.69) is 10.6 Å². The lowest BCUT2D eigenvalue weighted by Gasteiger charge is -2.31. The predicted octanol–water partition coefficient (Wildman–Crippen LogP) is 2.89. The second-order valence-electron chi connectivity index (χ2n) is 6.57. The average Bonchev–Trinajstić information content (AvgIpc) is 2.22. The summed E-state index contributed by atoms with van der Waals surface area (Å²) in [6.07, 6.45) is -4.10. The Hall–Kier alpha value is -1.47. The SMILES string of the molecule is CC(C)(C)OC(=O)N[C@H]1CCC[C@@H](NC(=O)CC(F)(F)F)C1. The maximum absolute atomic E-state index is 12.1. The highest BCUT2D eigenvalue weighted by atomic mass is 19.4. The molecule has 2 atom stereocenters. The summed E-state index contributed by atoms with van der Waals surface area (Å²) in [5.74, 6) is -1.03. The molecule has 0 radical (unpaired) electrons. The fourth-order valence-electron chi connectivity index (χ4n) is 2.39. The lowest BCUT2D eigenvalue weighted by molar-refractivity contribution is -0.154. The number of carbonyl (C=O) groups is 2. The summed E-state index contributed by atoms with van der Waals surface area (Å²) in [6.45, 7) is 5.23. The van der Waals surface area contributed by atoms with Gasteiger partial charge in [-0.05, 0) is 46.5 Å². The first-order valence-electron chi connectivity index (χ1n) is 7.30. The molecule has 0 aliphatic heterocycles. The molecule has 2 N–H and O–H groups in total. The Kier molecular flexibility index (Phi) is 6.08. The molecule has 0 aromatic carbocycles. The minimum atomic E-state index is -4.51. The third-order valence-electron chi connectivity index (χ3n) is 3.12. The van der Waals surface area contributed by atoms with Gasteiger partial charge in [0.2, 0.25) is 5.91 Å². The molecule has 1 fully saturated rings. The quantitative estimate of drug-likeness (QED) is 0.839. The normalized spacial score (nSPS) is 22.8. The van der Waals surface area contributed by atoms with E-state index < -0.39 is 30.2 Å². The van der Waals surface area contributed by atoms with Crippen LogP contribution in [0.5, 0.6) is 0 Å². The Labute approximate surface area is 128 Å². The summed E-state index contributed by atoms with van der Waals surface area (Å²) < 4.78 is 41.5. The number of alkyl carbamates (subject to hydrolysis) is 1. The number of alkyl halides is 3. The average molecular weight is 324 g/mol. The Bertz CT molecular complexity index is 369. The molecule has 0 unspecified atom stereocenters. The van der Waals surface area contributed by atoms with Crippen molar-refractivity contribution in [3.05, 3.63) is 0 Å². The third-order valence-corrected chi connectivity index (χ3v) is 3.12. The van der Waals surface area contributed by atoms with Crippen molar-refractivity contribution in [2.24, 2.45) is 0 Å². The Morgan fingerprint density at radius 3 is 2.14 bits per heavy atom. The van der Waals surface area contributed by atoms with Crippen LogP contribution in [0.4, 0.5) is 18.0 Å². The number of hydrogen-bond acceptors (Lipinski definition) is 3. The molecular weight excluding hydrogens is 301 g/mol. The highest BCUT2D eigenvalue weighted by Crippen LogP contribution is 2.22. The van der Waals surface area contributed by atoms with E-state index in [0.717, 1.165) is 6.42 Å². The van der Waals surface area contributed by atoms with E-state index >= 15 is 0 Å². The van der Waals surface area contributed by atoms with Crippen LogP contribution in [0.15, 0.2) is 0 Å². The molecule has 1 aliphatic carbocycles. The zero-order chi connectivity index (χ0) is 17.0. The monoisotopic (exact) mass is 324 g/mol. The van der Waals surface area contributed by atoms with Gasteiger partial charge in [-0.2, -0.15) is 13.2 Å². The summed E-state index contributed by atoms with van der Waals surface area (Å²) in [5.41, 5.74) is -0.612. The Morgan fingerprint density at radius 2 is 1.64 bits per heavy atom. The molecule has 1 aliphatic rings. The van der Waals surface area contributed by atoms with Gasteiger partial charge >= 0.3 is 12.3 Å². The summed E-state index contributed by atoms with van der Waals surface area (Å²) >= 11 is 0. The summed E-state index contributed by atoms with van der Waals surface area (Å²) in [4.78, 5) is 23.0. The van der Waals surface area contributed by atoms with E-state index in [1.807, 2.05) is 0 Å². The molecule has 0 bridgehead atoms. The molecule has 2 amide bonds. The first-order valence-corrected chi connectivity index (χ1v) is 7.30. The van der Waals surface area contributed by atoms with Crippen molar-refractivity contribution in [2.45, 2.75) is 76.7 Å². The largest absolute Gasteiger partial charge is 0.444 e. The van der Waals surface area contributed by atoms with Crippen molar-refractivity contribution in [1.29, 1.82) is 0 Å². The van der Waals surface area contributed by atoms with Gasteiger partial charge in [-0.25, -0.2) is 4.79 Å². The molecule has 1 saturated carbocycles. The molecule has 0 saturated heterocycles. The van der Waals surface area contributed by atoms with Gasteiger partial charge in [0.05, 0.1) is 0 Å². The fourth-order valence-corrected chi connectivity index (χ4v) is 2.39. The Balaban J connectivity index is 2.41. The summed E-state index contributed by atoms with van der Waals surface area (Å²) in [5, 5.41) is 5.07. The van der Waals surface area contributed by atoms with Crippen LogP contribution in [0, 0.1) is 0 Å². The second kappa shape index (κ2) is 7.19. The van der Waals surface area contributed by atoms with Crippen LogP contribution in [0.1, 0.15) is 52.9 Å². The van der Waals surface area contributed by atoms with Crippen LogP contribution in [-0.2, 0) is 9.53 Å². The lowest BCUT2D eigenvalue weighted by atomic mass is 9.91. The second-order valence-corrected chi connectivity index (χ2v) is 6.57. The molecule has 128 valence electrons. The number of amides is 2. The van der Waals surface area contributed by atoms with E-state index in [1.54, 1.807) is 20.8 Å². The maximum Gasteiger partial charge on any atom is 0.407 e. The number of hydrogen-bond donors (Lipinski definition) is 2. The van der Waals surface area contributed by atoms with Gasteiger partial charge in [0, 0.05) is 12.1 Å². The van der Waals surface area contributed by atoms with Crippen LogP contribution in [0.25, 0.3) is 0 Å². The van der Waals surface area contributed by atoms with Crippen LogP contribution in [0.3, 0.4) is 0 Å².